The van der Waals surface area contributed by atoms with Gasteiger partial charge in [-0.1, -0.05) is 13.0 Å². The predicted molar refractivity (Wildman–Crippen MR) is 55.5 cm³/mol. The quantitative estimate of drug-likeness (QED) is 0.770. The van der Waals surface area contributed by atoms with Crippen LogP contribution < -0.4 is 10.5 Å². The third-order valence-corrected chi connectivity index (χ3v) is 2.25. The second-order valence-corrected chi connectivity index (χ2v) is 3.32. The molecule has 15 heavy (non-hydrogen) atoms. The lowest BCUT2D eigenvalue weighted by Crippen LogP contribution is -2.21. The molecule has 0 aromatic heterocycles. The van der Waals surface area contributed by atoms with Crippen LogP contribution in [0.2, 0.25) is 0 Å². The fraction of sp³-hybridized carbons (Fsp3) is 0.364. The van der Waals surface area contributed by atoms with Crippen molar-refractivity contribution < 1.29 is 13.9 Å². The number of nitrogens with two attached hydrogens (primary N) is 1. The molecule has 0 aliphatic heterocycles. The Morgan fingerprint density at radius 3 is 2.80 bits per heavy atom. The van der Waals surface area contributed by atoms with Crippen LogP contribution in [0.4, 0.5) is 4.39 Å². The van der Waals surface area contributed by atoms with Crippen LogP contribution >= 0.6 is 0 Å². The molecular weight excluding hydrogens is 197 g/mol. The first-order chi connectivity index (χ1) is 7.11. The Balaban J connectivity index is 3.09. The van der Waals surface area contributed by atoms with E-state index in [1.165, 1.54) is 19.2 Å². The lowest BCUT2D eigenvalue weighted by atomic mass is 9.99. The topological polar surface area (TPSA) is 52.3 Å². The Morgan fingerprint density at radius 2 is 2.27 bits per heavy atom. The molecule has 0 aliphatic carbocycles. The summed E-state index contributed by atoms with van der Waals surface area (Å²) in [6.45, 7) is 1.87. The van der Waals surface area contributed by atoms with Crippen LogP contribution in [0, 0.1) is 11.7 Å². The second kappa shape index (κ2) is 4.89. The molecule has 0 radical (unpaired) electrons. The van der Waals surface area contributed by atoms with Crippen molar-refractivity contribution >= 4 is 5.78 Å². The zero-order valence-corrected chi connectivity index (χ0v) is 8.79. The molecule has 2 N–H and O–H groups in total. The Hall–Kier alpha value is -1.42. The van der Waals surface area contributed by atoms with Gasteiger partial charge in [0, 0.05) is 12.5 Å². The van der Waals surface area contributed by atoms with E-state index < -0.39 is 5.82 Å². The molecule has 0 heterocycles. The highest BCUT2D eigenvalue weighted by Gasteiger charge is 2.19. The second-order valence-electron chi connectivity index (χ2n) is 3.32. The van der Waals surface area contributed by atoms with E-state index in [1.807, 2.05) is 0 Å². The summed E-state index contributed by atoms with van der Waals surface area (Å²) < 4.78 is 18.4. The molecule has 0 amide bonds. The van der Waals surface area contributed by atoms with Crippen molar-refractivity contribution in [2.45, 2.75) is 6.92 Å². The summed E-state index contributed by atoms with van der Waals surface area (Å²) in [4.78, 5) is 11.7. The number of methoxy groups -OCH3 is 1. The minimum absolute atomic E-state index is 0.0345. The third-order valence-electron chi connectivity index (χ3n) is 2.25. The number of benzene rings is 1. The predicted octanol–water partition coefficient (Wildman–Crippen LogP) is 1.61. The van der Waals surface area contributed by atoms with Gasteiger partial charge in [-0.2, -0.15) is 0 Å². The van der Waals surface area contributed by atoms with Crippen molar-refractivity contribution in [1.29, 1.82) is 0 Å². The number of Topliss-reactive ketones (excluding diaryl/α,β-unsaturated/α-hetero) is 1. The van der Waals surface area contributed by atoms with Gasteiger partial charge in [0.25, 0.3) is 0 Å². The Bertz CT molecular complexity index is 366. The number of halogens is 1. The van der Waals surface area contributed by atoms with Gasteiger partial charge < -0.3 is 10.5 Å². The van der Waals surface area contributed by atoms with E-state index in [0.29, 0.717) is 0 Å². The molecule has 1 rings (SSSR count). The van der Waals surface area contributed by atoms with Crippen LogP contribution in [0.1, 0.15) is 17.3 Å². The molecule has 1 atom stereocenters. The third kappa shape index (κ3) is 2.33. The lowest BCUT2D eigenvalue weighted by Gasteiger charge is -2.10. The summed E-state index contributed by atoms with van der Waals surface area (Å²) >= 11 is 0. The van der Waals surface area contributed by atoms with Gasteiger partial charge in [0.1, 0.15) is 0 Å². The lowest BCUT2D eigenvalue weighted by molar-refractivity contribution is 0.0929. The van der Waals surface area contributed by atoms with E-state index in [4.69, 9.17) is 10.5 Å². The molecule has 0 aliphatic rings. The van der Waals surface area contributed by atoms with Gasteiger partial charge in [0.05, 0.1) is 12.7 Å². The van der Waals surface area contributed by atoms with Crippen LogP contribution in [0.5, 0.6) is 5.75 Å². The summed E-state index contributed by atoms with van der Waals surface area (Å²) in [5.74, 6) is -1.23. The number of hydrogen-bond acceptors (Lipinski definition) is 3. The smallest absolute Gasteiger partial charge is 0.175 e. The fourth-order valence-corrected chi connectivity index (χ4v) is 1.23. The summed E-state index contributed by atoms with van der Waals surface area (Å²) in [5, 5.41) is 0. The standard InChI is InChI=1S/C11H14FNO2/c1-7(6-13)11(14)8-4-3-5-9(15-2)10(8)12/h3-5,7H,6,13H2,1-2H3. The highest BCUT2D eigenvalue weighted by molar-refractivity contribution is 5.98. The molecule has 1 aromatic rings. The van der Waals surface area contributed by atoms with E-state index in [-0.39, 0.29) is 29.6 Å². The number of hydrogen-bond donors (Lipinski definition) is 1. The first kappa shape index (κ1) is 11.7. The monoisotopic (exact) mass is 211 g/mol. The molecule has 0 spiro atoms. The van der Waals surface area contributed by atoms with Crippen molar-refractivity contribution in [3.8, 4) is 5.75 Å². The molecule has 1 unspecified atom stereocenters. The number of rotatable bonds is 4. The van der Waals surface area contributed by atoms with Crippen LogP contribution in [0.25, 0.3) is 0 Å². The van der Waals surface area contributed by atoms with E-state index in [2.05, 4.69) is 0 Å². The highest BCUT2D eigenvalue weighted by atomic mass is 19.1. The number of carbonyl (C=O) groups excluding carboxylic acids is 1. The number of ether oxygens (including phenoxy) is 1. The molecule has 1 aromatic carbocycles. The van der Waals surface area contributed by atoms with Gasteiger partial charge in [0.2, 0.25) is 0 Å². The summed E-state index contributed by atoms with van der Waals surface area (Å²) in [5.41, 5.74) is 5.39. The maximum Gasteiger partial charge on any atom is 0.175 e. The molecule has 0 fully saturated rings. The maximum absolute atomic E-state index is 13.6. The minimum atomic E-state index is -0.620. The first-order valence-corrected chi connectivity index (χ1v) is 4.68. The van der Waals surface area contributed by atoms with E-state index >= 15 is 0 Å². The van der Waals surface area contributed by atoms with Gasteiger partial charge >= 0.3 is 0 Å². The molecular formula is C11H14FNO2. The molecule has 0 bridgehead atoms. The average Bonchev–Trinajstić information content (AvgIpc) is 2.27. The Kier molecular flexibility index (Phi) is 3.80. The number of carbonyl (C=O) groups is 1. The summed E-state index contributed by atoms with van der Waals surface area (Å²) in [7, 11) is 1.36. The van der Waals surface area contributed by atoms with Crippen molar-refractivity contribution in [3.63, 3.8) is 0 Å². The van der Waals surface area contributed by atoms with Crippen molar-refractivity contribution in [3.05, 3.63) is 29.6 Å². The zero-order chi connectivity index (χ0) is 11.4. The van der Waals surface area contributed by atoms with Gasteiger partial charge in [-0.3, -0.25) is 4.79 Å². The molecule has 3 nitrogen and oxygen atoms in total. The van der Waals surface area contributed by atoms with Crippen LogP contribution in [0.15, 0.2) is 18.2 Å². The first-order valence-electron chi connectivity index (χ1n) is 4.68. The normalized spacial score (nSPS) is 12.3. The van der Waals surface area contributed by atoms with Gasteiger partial charge in [-0.15, -0.1) is 0 Å². The van der Waals surface area contributed by atoms with Crippen LogP contribution in [-0.2, 0) is 0 Å². The molecule has 0 saturated carbocycles. The van der Waals surface area contributed by atoms with E-state index in [9.17, 15) is 9.18 Å². The highest BCUT2D eigenvalue weighted by Crippen LogP contribution is 2.21. The van der Waals surface area contributed by atoms with E-state index in [0.717, 1.165) is 0 Å². The minimum Gasteiger partial charge on any atom is -0.494 e. The Morgan fingerprint density at radius 1 is 1.60 bits per heavy atom. The van der Waals surface area contributed by atoms with Crippen molar-refractivity contribution in [1.82, 2.24) is 0 Å². The van der Waals surface area contributed by atoms with Crippen LogP contribution in [0.3, 0.4) is 0 Å². The average molecular weight is 211 g/mol. The SMILES string of the molecule is COc1cccc(C(=O)C(C)CN)c1F. The van der Waals surface area contributed by atoms with Crippen molar-refractivity contribution in [2.24, 2.45) is 11.7 Å². The van der Waals surface area contributed by atoms with Crippen LogP contribution in [-0.4, -0.2) is 19.4 Å². The van der Waals surface area contributed by atoms with Gasteiger partial charge in [0.15, 0.2) is 17.3 Å². The van der Waals surface area contributed by atoms with E-state index in [1.54, 1.807) is 13.0 Å². The molecule has 82 valence electrons. The summed E-state index contributed by atoms with van der Waals surface area (Å²) in [6, 6.07) is 4.49. The van der Waals surface area contributed by atoms with Crippen molar-refractivity contribution in [2.75, 3.05) is 13.7 Å². The fourth-order valence-electron chi connectivity index (χ4n) is 1.23. The zero-order valence-electron chi connectivity index (χ0n) is 8.79. The van der Waals surface area contributed by atoms with Gasteiger partial charge in [-0.25, -0.2) is 4.39 Å². The molecule has 0 saturated heterocycles. The van der Waals surface area contributed by atoms with Gasteiger partial charge in [-0.05, 0) is 12.1 Å². The Labute approximate surface area is 88.0 Å². The molecule has 4 heteroatoms. The maximum atomic E-state index is 13.6. The summed E-state index contributed by atoms with van der Waals surface area (Å²) in [6.07, 6.45) is 0. The largest absolute Gasteiger partial charge is 0.494 e. The number of ketones is 1.